The highest BCUT2D eigenvalue weighted by Crippen LogP contribution is 2.27. The fraction of sp³-hybridized carbons (Fsp3) is 0.143. The maximum atomic E-state index is 13.5. The minimum absolute atomic E-state index is 0.229. The van der Waals surface area contributed by atoms with Gasteiger partial charge in [-0.15, -0.1) is 11.6 Å². The van der Waals surface area contributed by atoms with Gasteiger partial charge in [0, 0.05) is 5.02 Å². The predicted molar refractivity (Wildman–Crippen MR) is 70.1 cm³/mol. The molecule has 0 aliphatic heterocycles. The molecule has 1 unspecified atom stereocenters. The van der Waals surface area contributed by atoms with Crippen molar-refractivity contribution in [2.45, 2.75) is 11.8 Å². The lowest BCUT2D eigenvalue weighted by atomic mass is 10.0. The highest BCUT2D eigenvalue weighted by molar-refractivity contribution is 6.30. The summed E-state index contributed by atoms with van der Waals surface area (Å²) in [5, 5.41) is 0.193. The molecule has 94 valence electrons. The van der Waals surface area contributed by atoms with Gasteiger partial charge in [0.15, 0.2) is 11.6 Å². The summed E-state index contributed by atoms with van der Waals surface area (Å²) in [4.78, 5) is 0. The van der Waals surface area contributed by atoms with Crippen molar-refractivity contribution in [3.05, 3.63) is 70.2 Å². The normalized spacial score (nSPS) is 12.4. The maximum absolute atomic E-state index is 13.5. The van der Waals surface area contributed by atoms with E-state index < -0.39 is 17.0 Å². The zero-order chi connectivity index (χ0) is 13.1. The monoisotopic (exact) mass is 286 g/mol. The summed E-state index contributed by atoms with van der Waals surface area (Å²) < 4.78 is 26.5. The molecule has 0 heterocycles. The quantitative estimate of drug-likeness (QED) is 0.685. The molecule has 2 aromatic carbocycles. The van der Waals surface area contributed by atoms with Gasteiger partial charge in [0.1, 0.15) is 0 Å². The van der Waals surface area contributed by atoms with E-state index >= 15 is 0 Å². The van der Waals surface area contributed by atoms with E-state index in [2.05, 4.69) is 0 Å². The average molecular weight is 287 g/mol. The Morgan fingerprint density at radius 1 is 1.00 bits per heavy atom. The van der Waals surface area contributed by atoms with Crippen LogP contribution in [0.1, 0.15) is 16.5 Å². The van der Waals surface area contributed by atoms with Gasteiger partial charge in [0.05, 0.1) is 5.38 Å². The van der Waals surface area contributed by atoms with E-state index in [0.717, 1.165) is 11.6 Å². The molecule has 0 aliphatic carbocycles. The summed E-state index contributed by atoms with van der Waals surface area (Å²) in [6.45, 7) is 0. The van der Waals surface area contributed by atoms with Crippen molar-refractivity contribution in [2.24, 2.45) is 0 Å². The molecule has 0 radical (unpaired) electrons. The summed E-state index contributed by atoms with van der Waals surface area (Å²) in [5.41, 5.74) is 1.09. The van der Waals surface area contributed by atoms with Crippen LogP contribution in [-0.4, -0.2) is 0 Å². The SMILES string of the molecule is Fc1cccc(CC(Cl)c2ccc(Cl)cc2)c1F. The predicted octanol–water partition coefficient (Wildman–Crippen LogP) is 5.14. The second-order valence-corrected chi connectivity index (χ2v) is 4.90. The molecule has 0 bridgehead atoms. The first kappa shape index (κ1) is 13.3. The van der Waals surface area contributed by atoms with Gasteiger partial charge in [0.2, 0.25) is 0 Å². The van der Waals surface area contributed by atoms with Gasteiger partial charge in [-0.3, -0.25) is 0 Å². The van der Waals surface area contributed by atoms with E-state index in [9.17, 15) is 8.78 Å². The van der Waals surface area contributed by atoms with Crippen LogP contribution in [0.4, 0.5) is 8.78 Å². The summed E-state index contributed by atoms with van der Waals surface area (Å²) >= 11 is 12.0. The van der Waals surface area contributed by atoms with Crippen LogP contribution in [0, 0.1) is 11.6 Å². The number of benzene rings is 2. The van der Waals surface area contributed by atoms with Gasteiger partial charge >= 0.3 is 0 Å². The fourth-order valence-corrected chi connectivity index (χ4v) is 2.13. The van der Waals surface area contributed by atoms with Crippen LogP contribution in [0.3, 0.4) is 0 Å². The molecule has 0 N–H and O–H groups in total. The van der Waals surface area contributed by atoms with E-state index in [1.54, 1.807) is 24.3 Å². The van der Waals surface area contributed by atoms with Gasteiger partial charge in [-0.1, -0.05) is 35.9 Å². The van der Waals surface area contributed by atoms with Gasteiger partial charge in [-0.05, 0) is 35.7 Å². The van der Waals surface area contributed by atoms with Crippen LogP contribution in [-0.2, 0) is 6.42 Å². The van der Waals surface area contributed by atoms with Gasteiger partial charge in [-0.2, -0.15) is 0 Å². The third-order valence-corrected chi connectivity index (χ3v) is 3.32. The van der Waals surface area contributed by atoms with E-state index in [1.807, 2.05) is 0 Å². The lowest BCUT2D eigenvalue weighted by Crippen LogP contribution is -2.00. The van der Waals surface area contributed by atoms with Crippen molar-refractivity contribution in [3.8, 4) is 0 Å². The van der Waals surface area contributed by atoms with Gasteiger partial charge < -0.3 is 0 Å². The zero-order valence-electron chi connectivity index (χ0n) is 9.34. The van der Waals surface area contributed by atoms with Crippen LogP contribution in [0.15, 0.2) is 42.5 Å². The minimum Gasteiger partial charge on any atom is -0.204 e. The van der Waals surface area contributed by atoms with Gasteiger partial charge in [0.25, 0.3) is 0 Å². The molecule has 0 saturated carbocycles. The third kappa shape index (κ3) is 3.01. The van der Waals surface area contributed by atoms with E-state index in [1.165, 1.54) is 12.1 Å². The molecule has 0 aromatic heterocycles. The second kappa shape index (κ2) is 5.68. The number of rotatable bonds is 3. The van der Waals surface area contributed by atoms with E-state index in [-0.39, 0.29) is 12.0 Å². The first-order valence-electron chi connectivity index (χ1n) is 5.40. The lowest BCUT2D eigenvalue weighted by molar-refractivity contribution is 0.498. The van der Waals surface area contributed by atoms with E-state index in [4.69, 9.17) is 23.2 Å². The molecule has 0 nitrogen and oxygen atoms in total. The van der Waals surface area contributed by atoms with Crippen LogP contribution < -0.4 is 0 Å². The highest BCUT2D eigenvalue weighted by atomic mass is 35.5. The van der Waals surface area contributed by atoms with Crippen molar-refractivity contribution >= 4 is 23.2 Å². The molecule has 2 aromatic rings. The van der Waals surface area contributed by atoms with Crippen molar-refractivity contribution < 1.29 is 8.78 Å². The minimum atomic E-state index is -0.854. The lowest BCUT2D eigenvalue weighted by Gasteiger charge is -2.11. The Kier molecular flexibility index (Phi) is 4.20. The number of hydrogen-bond acceptors (Lipinski definition) is 0. The molecule has 4 heteroatoms. The van der Waals surface area contributed by atoms with Crippen LogP contribution in [0.2, 0.25) is 5.02 Å². The second-order valence-electron chi connectivity index (χ2n) is 3.94. The summed E-state index contributed by atoms with van der Waals surface area (Å²) in [5.74, 6) is -1.69. The Morgan fingerprint density at radius 3 is 2.33 bits per heavy atom. The number of alkyl halides is 1. The van der Waals surface area contributed by atoms with Crippen molar-refractivity contribution in [1.29, 1.82) is 0 Å². The smallest absolute Gasteiger partial charge is 0.162 e. The maximum Gasteiger partial charge on any atom is 0.162 e. The standard InChI is InChI=1S/C14H10Cl2F2/c15-11-6-4-9(5-7-11)12(16)8-10-2-1-3-13(17)14(10)18/h1-7,12H,8H2. The largest absolute Gasteiger partial charge is 0.204 e. The molecule has 0 fully saturated rings. The Balaban J connectivity index is 2.18. The Hall–Kier alpha value is -1.12. The molecule has 18 heavy (non-hydrogen) atoms. The first-order chi connectivity index (χ1) is 8.58. The summed E-state index contributed by atoms with van der Waals surface area (Å²) in [6, 6.07) is 11.1. The molecular weight excluding hydrogens is 277 g/mol. The molecule has 1 atom stereocenters. The third-order valence-electron chi connectivity index (χ3n) is 2.66. The molecule has 0 saturated heterocycles. The molecule has 0 amide bonds. The fourth-order valence-electron chi connectivity index (χ4n) is 1.69. The zero-order valence-corrected chi connectivity index (χ0v) is 10.8. The Morgan fingerprint density at radius 2 is 1.67 bits per heavy atom. The van der Waals surface area contributed by atoms with Crippen molar-refractivity contribution in [2.75, 3.05) is 0 Å². The Bertz CT molecular complexity index is 538. The number of hydrogen-bond donors (Lipinski definition) is 0. The van der Waals surface area contributed by atoms with Crippen molar-refractivity contribution in [3.63, 3.8) is 0 Å². The van der Waals surface area contributed by atoms with Crippen molar-refractivity contribution in [1.82, 2.24) is 0 Å². The van der Waals surface area contributed by atoms with E-state index in [0.29, 0.717) is 5.02 Å². The molecule has 0 aliphatic rings. The number of halogens is 4. The molecular formula is C14H10Cl2F2. The summed E-state index contributed by atoms with van der Waals surface area (Å²) in [7, 11) is 0. The van der Waals surface area contributed by atoms with Gasteiger partial charge in [-0.25, -0.2) is 8.78 Å². The molecule has 2 rings (SSSR count). The topological polar surface area (TPSA) is 0 Å². The van der Waals surface area contributed by atoms with Crippen LogP contribution >= 0.6 is 23.2 Å². The average Bonchev–Trinajstić information content (AvgIpc) is 2.36. The highest BCUT2D eigenvalue weighted by Gasteiger charge is 2.14. The molecule has 0 spiro atoms. The van der Waals surface area contributed by atoms with Crippen LogP contribution in [0.25, 0.3) is 0 Å². The Labute approximate surface area is 114 Å². The van der Waals surface area contributed by atoms with Crippen LogP contribution in [0.5, 0.6) is 0 Å². The first-order valence-corrected chi connectivity index (χ1v) is 6.22. The summed E-state index contributed by atoms with van der Waals surface area (Å²) in [6.07, 6.45) is 0.229.